The van der Waals surface area contributed by atoms with E-state index < -0.39 is 0 Å². The number of ether oxygens (including phenoxy) is 4. The Hall–Kier alpha value is -4.36. The molecule has 36 heavy (non-hydrogen) atoms. The second kappa shape index (κ2) is 12.9. The number of nitrogens with zero attached hydrogens (tertiary/aromatic N) is 3. The number of aliphatic hydroxyl groups excluding tert-OH is 1. The molecule has 2 aromatic carbocycles. The van der Waals surface area contributed by atoms with Crippen LogP contribution >= 0.6 is 0 Å². The molecule has 0 atom stereocenters. The van der Waals surface area contributed by atoms with Crippen molar-refractivity contribution in [2.45, 2.75) is 19.3 Å². The van der Waals surface area contributed by atoms with Crippen LogP contribution in [0.2, 0.25) is 0 Å². The summed E-state index contributed by atoms with van der Waals surface area (Å²) >= 11 is 0. The topological polar surface area (TPSA) is 123 Å². The fourth-order valence-electron chi connectivity index (χ4n) is 3.48. The van der Waals surface area contributed by atoms with E-state index in [0.717, 1.165) is 24.0 Å². The Labute approximate surface area is 209 Å². The van der Waals surface area contributed by atoms with E-state index in [1.165, 1.54) is 19.3 Å². The largest absolute Gasteiger partial charge is 0.508 e. The highest BCUT2D eigenvalue weighted by atomic mass is 16.5. The number of hydrogen-bond donors (Lipinski definition) is 1. The third kappa shape index (κ3) is 7.32. The summed E-state index contributed by atoms with van der Waals surface area (Å²) in [6.07, 6.45) is 8.95. The molecule has 0 aliphatic heterocycles. The summed E-state index contributed by atoms with van der Waals surface area (Å²) in [4.78, 5) is 15.7. The summed E-state index contributed by atoms with van der Waals surface area (Å²) in [5.41, 5.74) is 10.3. The Balaban J connectivity index is 1.80. The van der Waals surface area contributed by atoms with Crippen LogP contribution < -0.4 is 18.9 Å². The van der Waals surface area contributed by atoms with Crippen LogP contribution in [0.5, 0.6) is 23.0 Å². The smallest absolute Gasteiger partial charge is 0.185 e. The molecular weight excluding hydrogens is 462 g/mol. The van der Waals surface area contributed by atoms with Crippen LogP contribution in [0.4, 0.5) is 0 Å². The highest BCUT2D eigenvalue weighted by Gasteiger charge is 2.26. The molecular formula is C27H29N3O6. The molecule has 0 bridgehead atoms. The molecule has 2 aromatic rings. The number of azide groups is 1. The number of ketones is 1. The van der Waals surface area contributed by atoms with E-state index >= 15 is 0 Å². The van der Waals surface area contributed by atoms with Gasteiger partial charge in [0.25, 0.3) is 0 Å². The number of hydrogen-bond acceptors (Lipinski definition) is 7. The second-order valence-electron chi connectivity index (χ2n) is 8.07. The lowest BCUT2D eigenvalue weighted by atomic mass is 10.0. The molecule has 0 heterocycles. The van der Waals surface area contributed by atoms with E-state index in [9.17, 15) is 9.90 Å². The van der Waals surface area contributed by atoms with Crippen molar-refractivity contribution in [3.8, 4) is 23.0 Å². The number of rotatable bonds is 13. The first kappa shape index (κ1) is 26.2. The van der Waals surface area contributed by atoms with Crippen LogP contribution in [0, 0.1) is 5.92 Å². The van der Waals surface area contributed by atoms with Crippen LogP contribution in [-0.2, 0) is 4.79 Å². The number of methoxy groups -OCH3 is 3. The van der Waals surface area contributed by atoms with E-state index in [-0.39, 0.29) is 18.3 Å². The minimum atomic E-state index is -0.252. The van der Waals surface area contributed by atoms with Gasteiger partial charge >= 0.3 is 0 Å². The molecule has 0 spiro atoms. The summed E-state index contributed by atoms with van der Waals surface area (Å²) in [6.45, 7) is -0.158. The monoisotopic (exact) mass is 491 g/mol. The maximum Gasteiger partial charge on any atom is 0.185 e. The van der Waals surface area contributed by atoms with E-state index in [0.29, 0.717) is 40.9 Å². The van der Waals surface area contributed by atoms with Gasteiger partial charge in [-0.2, -0.15) is 0 Å². The fraction of sp³-hybridized carbons (Fsp3) is 0.296. The van der Waals surface area contributed by atoms with Crippen molar-refractivity contribution in [2.24, 2.45) is 11.0 Å². The first-order chi connectivity index (χ1) is 17.5. The summed E-state index contributed by atoms with van der Waals surface area (Å²) in [6, 6.07) is 10.5. The average Bonchev–Trinajstić information content (AvgIpc) is 3.73. The SMILES string of the molecule is COc1ccc(/C=C/C(=O)/C(CC2CC2)=C(O)/C=C/c2ccc(OCN=[N+]=[N-])c(OC)c2)cc1OC. The van der Waals surface area contributed by atoms with Crippen molar-refractivity contribution in [1.82, 2.24) is 0 Å². The molecule has 3 rings (SSSR count). The van der Waals surface area contributed by atoms with Crippen molar-refractivity contribution in [2.75, 3.05) is 28.1 Å². The maximum atomic E-state index is 13.0. The molecule has 9 nitrogen and oxygen atoms in total. The predicted molar refractivity (Wildman–Crippen MR) is 137 cm³/mol. The van der Waals surface area contributed by atoms with Gasteiger partial charge in [-0.25, -0.2) is 0 Å². The van der Waals surface area contributed by atoms with Gasteiger partial charge in [-0.15, -0.1) is 0 Å². The van der Waals surface area contributed by atoms with Crippen LogP contribution in [-0.4, -0.2) is 38.9 Å². The van der Waals surface area contributed by atoms with Gasteiger partial charge in [-0.05, 0) is 78.3 Å². The van der Waals surface area contributed by atoms with Crippen LogP contribution in [0.1, 0.15) is 30.4 Å². The Kier molecular flexibility index (Phi) is 9.42. The minimum Gasteiger partial charge on any atom is -0.508 e. The van der Waals surface area contributed by atoms with Crippen molar-refractivity contribution < 1.29 is 28.8 Å². The van der Waals surface area contributed by atoms with E-state index in [2.05, 4.69) is 10.0 Å². The maximum absolute atomic E-state index is 13.0. The average molecular weight is 492 g/mol. The third-order valence-corrected chi connectivity index (χ3v) is 5.59. The zero-order valence-electron chi connectivity index (χ0n) is 20.5. The summed E-state index contributed by atoms with van der Waals surface area (Å²) in [5, 5.41) is 14.1. The van der Waals surface area contributed by atoms with Crippen LogP contribution in [0.25, 0.3) is 22.6 Å². The molecule has 1 saturated carbocycles. The molecule has 1 aliphatic carbocycles. The quantitative estimate of drug-likeness (QED) is 0.0880. The first-order valence-corrected chi connectivity index (χ1v) is 11.3. The van der Waals surface area contributed by atoms with Gasteiger partial charge < -0.3 is 24.1 Å². The van der Waals surface area contributed by atoms with Crippen molar-refractivity contribution in [1.29, 1.82) is 0 Å². The van der Waals surface area contributed by atoms with Gasteiger partial charge in [0.2, 0.25) is 0 Å². The van der Waals surface area contributed by atoms with Crippen molar-refractivity contribution in [3.63, 3.8) is 0 Å². The van der Waals surface area contributed by atoms with Crippen molar-refractivity contribution >= 4 is 17.9 Å². The normalized spacial score (nSPS) is 13.8. The number of carbonyl (C=O) groups is 1. The van der Waals surface area contributed by atoms with Gasteiger partial charge in [-0.1, -0.05) is 29.4 Å². The van der Waals surface area contributed by atoms with Crippen LogP contribution in [0.15, 0.2) is 65.0 Å². The zero-order valence-corrected chi connectivity index (χ0v) is 20.5. The molecule has 9 heteroatoms. The second-order valence-corrected chi connectivity index (χ2v) is 8.07. The lowest BCUT2D eigenvalue weighted by Crippen LogP contribution is -2.03. The number of benzene rings is 2. The number of carbonyl (C=O) groups excluding carboxylic acids is 1. The molecule has 0 saturated heterocycles. The number of allylic oxidation sites excluding steroid dienone is 3. The third-order valence-electron chi connectivity index (χ3n) is 5.59. The predicted octanol–water partition coefficient (Wildman–Crippen LogP) is 6.27. The van der Waals surface area contributed by atoms with Gasteiger partial charge in [0.1, 0.15) is 5.76 Å². The lowest BCUT2D eigenvalue weighted by Gasteiger charge is -2.09. The Morgan fingerprint density at radius 2 is 1.56 bits per heavy atom. The summed E-state index contributed by atoms with van der Waals surface area (Å²) < 4.78 is 21.3. The molecule has 0 unspecified atom stereocenters. The molecule has 0 aromatic heterocycles. The molecule has 1 aliphatic rings. The van der Waals surface area contributed by atoms with E-state index in [1.807, 2.05) is 6.07 Å². The van der Waals surface area contributed by atoms with Gasteiger partial charge in [0.05, 0.1) is 21.3 Å². The highest BCUT2D eigenvalue weighted by molar-refractivity contribution is 6.07. The molecule has 188 valence electrons. The Bertz CT molecular complexity index is 1220. The zero-order chi connectivity index (χ0) is 25.9. The minimum absolute atomic E-state index is 0.0773. The molecule has 0 radical (unpaired) electrons. The Morgan fingerprint density at radius 1 is 0.972 bits per heavy atom. The van der Waals surface area contributed by atoms with Gasteiger partial charge in [-0.3, -0.25) is 4.79 Å². The van der Waals surface area contributed by atoms with E-state index in [4.69, 9.17) is 24.5 Å². The van der Waals surface area contributed by atoms with Crippen molar-refractivity contribution in [3.05, 3.63) is 81.5 Å². The van der Waals surface area contributed by atoms with E-state index in [1.54, 1.807) is 56.7 Å². The van der Waals surface area contributed by atoms with Gasteiger partial charge in [0.15, 0.2) is 35.5 Å². The van der Waals surface area contributed by atoms with Gasteiger partial charge in [0, 0.05) is 10.5 Å². The fourth-order valence-corrected chi connectivity index (χ4v) is 3.48. The standard InChI is InChI=1S/C27H29N3O6/c1-33-24-12-8-19(15-26(24)34-2)6-10-22(31)21(14-18-4-5-18)23(32)11-7-20-9-13-25(27(16-20)35-3)36-17-29-30-28/h6-13,15-16,18,32H,4-5,14,17H2,1-3H3/b10-6+,11-7+,23-21-. The Morgan fingerprint density at radius 3 is 2.14 bits per heavy atom. The molecule has 1 fully saturated rings. The summed E-state index contributed by atoms with van der Waals surface area (Å²) in [7, 11) is 4.61. The molecule has 0 amide bonds. The first-order valence-electron chi connectivity index (χ1n) is 11.3. The summed E-state index contributed by atoms with van der Waals surface area (Å²) in [5.74, 6) is 2.11. The number of aliphatic hydroxyl groups is 1. The van der Waals surface area contributed by atoms with Crippen LogP contribution in [0.3, 0.4) is 0 Å². The highest BCUT2D eigenvalue weighted by Crippen LogP contribution is 2.36. The lowest BCUT2D eigenvalue weighted by molar-refractivity contribution is -0.111. The molecule has 1 N–H and O–H groups in total.